The molecule has 0 spiro atoms. The van der Waals surface area contributed by atoms with Gasteiger partial charge < -0.3 is 10.6 Å². The molecule has 7 nitrogen and oxygen atoms in total. The largest absolute Gasteiger partial charge is 0.382 e. The Morgan fingerprint density at radius 3 is 2.81 bits per heavy atom. The van der Waals surface area contributed by atoms with Crippen LogP contribution in [0.1, 0.15) is 20.2 Å². The van der Waals surface area contributed by atoms with Gasteiger partial charge in [-0.1, -0.05) is 6.07 Å². The number of rotatable bonds is 5. The van der Waals surface area contributed by atoms with E-state index >= 15 is 0 Å². The monoisotopic (exact) mass is 306 g/mol. The molecule has 21 heavy (non-hydrogen) atoms. The summed E-state index contributed by atoms with van der Waals surface area (Å²) in [6, 6.07) is 4.39. The van der Waals surface area contributed by atoms with Crippen LogP contribution in [0.2, 0.25) is 0 Å². The SMILES string of the molecule is CNc1c(C(=O)NCc2cnc(C)s2)cccc1[N+](=O)[O-]. The fourth-order valence-corrected chi connectivity index (χ4v) is 2.63. The quantitative estimate of drug-likeness (QED) is 0.652. The van der Waals surface area contributed by atoms with Crippen LogP contribution in [0.5, 0.6) is 0 Å². The predicted octanol–water partition coefficient (Wildman–Crippen LogP) is 2.33. The van der Waals surface area contributed by atoms with E-state index in [4.69, 9.17) is 0 Å². The van der Waals surface area contributed by atoms with Crippen molar-refractivity contribution in [1.29, 1.82) is 0 Å². The highest BCUT2D eigenvalue weighted by Gasteiger charge is 2.20. The summed E-state index contributed by atoms with van der Waals surface area (Å²) < 4.78 is 0. The summed E-state index contributed by atoms with van der Waals surface area (Å²) in [7, 11) is 1.55. The molecule has 0 aliphatic carbocycles. The molecule has 8 heteroatoms. The Labute approximate surface area is 125 Å². The molecule has 0 bridgehead atoms. The Hall–Kier alpha value is -2.48. The number of para-hydroxylation sites is 1. The zero-order chi connectivity index (χ0) is 15.4. The normalized spacial score (nSPS) is 10.2. The molecule has 2 rings (SSSR count). The molecular weight excluding hydrogens is 292 g/mol. The van der Waals surface area contributed by atoms with Crippen LogP contribution < -0.4 is 10.6 Å². The van der Waals surface area contributed by atoms with Crippen LogP contribution in [-0.2, 0) is 6.54 Å². The third-order valence-corrected chi connectivity index (χ3v) is 3.74. The summed E-state index contributed by atoms with van der Waals surface area (Å²) in [4.78, 5) is 27.7. The third-order valence-electron chi connectivity index (χ3n) is 2.83. The van der Waals surface area contributed by atoms with Crippen molar-refractivity contribution >= 4 is 28.6 Å². The molecule has 0 fully saturated rings. The average molecular weight is 306 g/mol. The van der Waals surface area contributed by atoms with Gasteiger partial charge in [-0.3, -0.25) is 14.9 Å². The van der Waals surface area contributed by atoms with E-state index in [0.717, 1.165) is 9.88 Å². The fraction of sp³-hybridized carbons (Fsp3) is 0.231. The fourth-order valence-electron chi connectivity index (χ4n) is 1.89. The molecule has 1 aromatic heterocycles. The first-order chi connectivity index (χ1) is 10.0. The summed E-state index contributed by atoms with van der Waals surface area (Å²) in [5.41, 5.74) is 0.326. The van der Waals surface area contributed by atoms with Crippen molar-refractivity contribution in [2.45, 2.75) is 13.5 Å². The lowest BCUT2D eigenvalue weighted by molar-refractivity contribution is -0.384. The number of nitro groups is 1. The predicted molar refractivity (Wildman–Crippen MR) is 80.7 cm³/mol. The Balaban J connectivity index is 2.19. The number of nitrogens with one attached hydrogen (secondary N) is 2. The van der Waals surface area contributed by atoms with Gasteiger partial charge in [-0.05, 0) is 13.0 Å². The summed E-state index contributed by atoms with van der Waals surface area (Å²) in [5, 5.41) is 17.3. The van der Waals surface area contributed by atoms with Gasteiger partial charge in [0.05, 0.1) is 22.0 Å². The van der Waals surface area contributed by atoms with Crippen molar-refractivity contribution in [3.05, 3.63) is 50.0 Å². The number of amides is 1. The molecule has 0 unspecified atom stereocenters. The molecule has 0 saturated heterocycles. The number of anilines is 1. The van der Waals surface area contributed by atoms with Gasteiger partial charge >= 0.3 is 0 Å². The highest BCUT2D eigenvalue weighted by Crippen LogP contribution is 2.27. The maximum atomic E-state index is 12.2. The summed E-state index contributed by atoms with van der Waals surface area (Å²) >= 11 is 1.49. The van der Waals surface area contributed by atoms with Crippen LogP contribution in [0, 0.1) is 17.0 Å². The number of thiazole rings is 1. The summed E-state index contributed by atoms with van der Waals surface area (Å²) in [5.74, 6) is -0.367. The lowest BCUT2D eigenvalue weighted by Crippen LogP contribution is -2.23. The van der Waals surface area contributed by atoms with E-state index in [9.17, 15) is 14.9 Å². The van der Waals surface area contributed by atoms with E-state index in [1.54, 1.807) is 19.3 Å². The van der Waals surface area contributed by atoms with Gasteiger partial charge in [0.25, 0.3) is 11.6 Å². The lowest BCUT2D eigenvalue weighted by Gasteiger charge is -2.09. The smallest absolute Gasteiger partial charge is 0.293 e. The first-order valence-corrected chi connectivity index (χ1v) is 6.99. The van der Waals surface area contributed by atoms with E-state index in [-0.39, 0.29) is 22.8 Å². The second kappa shape index (κ2) is 6.31. The van der Waals surface area contributed by atoms with E-state index in [1.165, 1.54) is 23.5 Å². The topological polar surface area (TPSA) is 97.2 Å². The molecule has 0 saturated carbocycles. The highest BCUT2D eigenvalue weighted by atomic mass is 32.1. The summed E-state index contributed by atoms with van der Waals surface area (Å²) in [6.45, 7) is 2.23. The number of hydrogen-bond donors (Lipinski definition) is 2. The van der Waals surface area contributed by atoms with Crippen LogP contribution in [0.4, 0.5) is 11.4 Å². The second-order valence-electron chi connectivity index (χ2n) is 4.24. The van der Waals surface area contributed by atoms with Crippen molar-refractivity contribution in [1.82, 2.24) is 10.3 Å². The molecule has 0 atom stereocenters. The van der Waals surface area contributed by atoms with E-state index in [0.29, 0.717) is 6.54 Å². The number of benzene rings is 1. The maximum absolute atomic E-state index is 12.2. The van der Waals surface area contributed by atoms with Gasteiger partial charge in [-0.25, -0.2) is 4.98 Å². The minimum atomic E-state index is -0.519. The third kappa shape index (κ3) is 3.34. The lowest BCUT2D eigenvalue weighted by atomic mass is 10.1. The minimum absolute atomic E-state index is 0.126. The maximum Gasteiger partial charge on any atom is 0.293 e. The first-order valence-electron chi connectivity index (χ1n) is 6.17. The number of aromatic nitrogens is 1. The molecule has 110 valence electrons. The number of nitro benzene ring substituents is 1. The van der Waals surface area contributed by atoms with Crippen molar-refractivity contribution < 1.29 is 9.72 Å². The molecular formula is C13H14N4O3S. The molecule has 2 aromatic rings. The molecule has 1 heterocycles. The zero-order valence-corrected chi connectivity index (χ0v) is 12.4. The van der Waals surface area contributed by atoms with E-state index < -0.39 is 4.92 Å². The van der Waals surface area contributed by atoms with Gasteiger partial charge in [0.15, 0.2) is 0 Å². The highest BCUT2D eigenvalue weighted by molar-refractivity contribution is 7.11. The molecule has 0 aliphatic rings. The number of carbonyl (C=O) groups is 1. The second-order valence-corrected chi connectivity index (χ2v) is 5.55. The van der Waals surface area contributed by atoms with E-state index in [1.807, 2.05) is 6.92 Å². The Kier molecular flexibility index (Phi) is 4.49. The van der Waals surface area contributed by atoms with Gasteiger partial charge in [-0.15, -0.1) is 11.3 Å². The van der Waals surface area contributed by atoms with Crippen LogP contribution >= 0.6 is 11.3 Å². The van der Waals surface area contributed by atoms with Crippen molar-refractivity contribution in [3.8, 4) is 0 Å². The molecule has 2 N–H and O–H groups in total. The zero-order valence-electron chi connectivity index (χ0n) is 11.5. The van der Waals surface area contributed by atoms with Gasteiger partial charge in [0.2, 0.25) is 0 Å². The summed E-state index contributed by atoms with van der Waals surface area (Å²) in [6.07, 6.45) is 1.70. The molecule has 0 aliphatic heterocycles. The van der Waals surface area contributed by atoms with Gasteiger partial charge in [0.1, 0.15) is 5.69 Å². The standard InChI is InChI=1S/C13H14N4O3S/c1-8-15-6-9(21-8)7-16-13(18)10-4-3-5-11(17(19)20)12(10)14-2/h3-6,14H,7H2,1-2H3,(H,16,18). The first kappa shape index (κ1) is 14.9. The average Bonchev–Trinajstić information content (AvgIpc) is 2.89. The molecule has 1 aromatic carbocycles. The Morgan fingerprint density at radius 1 is 1.48 bits per heavy atom. The minimum Gasteiger partial charge on any atom is -0.382 e. The Bertz CT molecular complexity index is 684. The van der Waals surface area contributed by atoms with E-state index in [2.05, 4.69) is 15.6 Å². The van der Waals surface area contributed by atoms with Gasteiger partial charge in [-0.2, -0.15) is 0 Å². The number of aryl methyl sites for hydroxylation is 1. The van der Waals surface area contributed by atoms with Crippen molar-refractivity contribution in [2.24, 2.45) is 0 Å². The number of carbonyl (C=O) groups excluding carboxylic acids is 1. The van der Waals surface area contributed by atoms with Crippen molar-refractivity contribution in [3.63, 3.8) is 0 Å². The van der Waals surface area contributed by atoms with Crippen LogP contribution in [0.25, 0.3) is 0 Å². The molecule has 0 radical (unpaired) electrons. The van der Waals surface area contributed by atoms with Crippen LogP contribution in [0.15, 0.2) is 24.4 Å². The van der Waals surface area contributed by atoms with Crippen LogP contribution in [-0.4, -0.2) is 22.9 Å². The number of nitrogens with zero attached hydrogens (tertiary/aromatic N) is 2. The van der Waals surface area contributed by atoms with Crippen molar-refractivity contribution in [2.75, 3.05) is 12.4 Å². The van der Waals surface area contributed by atoms with Gasteiger partial charge in [0, 0.05) is 24.2 Å². The Morgan fingerprint density at radius 2 is 2.24 bits per heavy atom. The number of hydrogen-bond acceptors (Lipinski definition) is 6. The molecule has 1 amide bonds. The van der Waals surface area contributed by atoms with Crippen LogP contribution in [0.3, 0.4) is 0 Å².